The van der Waals surface area contributed by atoms with Crippen molar-refractivity contribution < 1.29 is 4.74 Å². The van der Waals surface area contributed by atoms with Crippen molar-refractivity contribution in [2.45, 2.75) is 12.5 Å². The van der Waals surface area contributed by atoms with Gasteiger partial charge < -0.3 is 15.8 Å². The zero-order valence-corrected chi connectivity index (χ0v) is 8.73. The largest absolute Gasteiger partial charge is 0.493 e. The van der Waals surface area contributed by atoms with E-state index in [9.17, 15) is 0 Å². The van der Waals surface area contributed by atoms with Crippen LogP contribution in [0.15, 0.2) is 29.3 Å². The standard InChI is InChI=1S/C11H15N3O/c1-13-11(12)14-9-6-7-15-10-5-3-2-4-8(9)10/h2-5,9H,6-7H2,1H3,(H3,12,13,14). The summed E-state index contributed by atoms with van der Waals surface area (Å²) in [5, 5.41) is 3.17. The summed E-state index contributed by atoms with van der Waals surface area (Å²) in [7, 11) is 1.67. The van der Waals surface area contributed by atoms with Gasteiger partial charge in [-0.2, -0.15) is 0 Å². The van der Waals surface area contributed by atoms with E-state index in [0.717, 1.165) is 17.7 Å². The lowest BCUT2D eigenvalue weighted by Crippen LogP contribution is -2.37. The third-order valence-electron chi connectivity index (χ3n) is 2.52. The van der Waals surface area contributed by atoms with Crippen molar-refractivity contribution in [3.63, 3.8) is 0 Å². The van der Waals surface area contributed by atoms with Gasteiger partial charge >= 0.3 is 0 Å². The summed E-state index contributed by atoms with van der Waals surface area (Å²) in [6, 6.07) is 8.20. The first-order chi connectivity index (χ1) is 7.31. The van der Waals surface area contributed by atoms with Crippen LogP contribution in [0.5, 0.6) is 5.75 Å². The molecule has 0 saturated heterocycles. The van der Waals surface area contributed by atoms with E-state index in [1.165, 1.54) is 0 Å². The molecule has 4 nitrogen and oxygen atoms in total. The normalized spacial score (nSPS) is 20.3. The second kappa shape index (κ2) is 4.21. The van der Waals surface area contributed by atoms with Crippen LogP contribution in [0.1, 0.15) is 18.0 Å². The second-order valence-electron chi connectivity index (χ2n) is 3.48. The van der Waals surface area contributed by atoms with Crippen LogP contribution in [-0.2, 0) is 0 Å². The summed E-state index contributed by atoms with van der Waals surface area (Å²) < 4.78 is 5.55. The third kappa shape index (κ3) is 2.03. The average Bonchev–Trinajstić information content (AvgIpc) is 2.29. The highest BCUT2D eigenvalue weighted by Crippen LogP contribution is 2.31. The Labute approximate surface area is 89.1 Å². The number of benzene rings is 1. The number of nitrogens with two attached hydrogens (primary N) is 1. The van der Waals surface area contributed by atoms with Gasteiger partial charge in [-0.05, 0) is 6.07 Å². The molecule has 0 aliphatic carbocycles. The first-order valence-electron chi connectivity index (χ1n) is 5.02. The summed E-state index contributed by atoms with van der Waals surface area (Å²) in [5.41, 5.74) is 6.81. The Balaban J connectivity index is 2.22. The molecule has 0 amide bonds. The maximum Gasteiger partial charge on any atom is 0.188 e. The molecule has 1 atom stereocenters. The lowest BCUT2D eigenvalue weighted by Gasteiger charge is -2.26. The number of rotatable bonds is 1. The van der Waals surface area contributed by atoms with Crippen LogP contribution in [0.2, 0.25) is 0 Å². The lowest BCUT2D eigenvalue weighted by atomic mass is 10.0. The van der Waals surface area contributed by atoms with Crippen LogP contribution in [0, 0.1) is 0 Å². The number of guanidine groups is 1. The predicted octanol–water partition coefficient (Wildman–Crippen LogP) is 1.04. The molecule has 0 radical (unpaired) electrons. The number of ether oxygens (including phenoxy) is 1. The minimum absolute atomic E-state index is 0.207. The van der Waals surface area contributed by atoms with Crippen molar-refractivity contribution in [1.82, 2.24) is 5.32 Å². The van der Waals surface area contributed by atoms with E-state index in [2.05, 4.69) is 16.4 Å². The number of fused-ring (bicyclic) bond motifs is 1. The number of nitrogens with one attached hydrogen (secondary N) is 1. The van der Waals surface area contributed by atoms with E-state index in [0.29, 0.717) is 12.6 Å². The van der Waals surface area contributed by atoms with Gasteiger partial charge in [-0.25, -0.2) is 0 Å². The van der Waals surface area contributed by atoms with Gasteiger partial charge in [-0.1, -0.05) is 18.2 Å². The summed E-state index contributed by atoms with van der Waals surface area (Å²) in [5.74, 6) is 1.40. The molecule has 0 fully saturated rings. The summed E-state index contributed by atoms with van der Waals surface area (Å²) in [6.45, 7) is 0.714. The zero-order valence-electron chi connectivity index (χ0n) is 8.73. The molecule has 15 heavy (non-hydrogen) atoms. The van der Waals surface area contributed by atoms with Gasteiger partial charge in [0, 0.05) is 19.0 Å². The average molecular weight is 205 g/mol. The Morgan fingerprint density at radius 3 is 3.13 bits per heavy atom. The number of hydrogen-bond acceptors (Lipinski definition) is 2. The maximum atomic E-state index is 5.66. The Bertz CT molecular complexity index is 376. The molecule has 0 spiro atoms. The van der Waals surface area contributed by atoms with E-state index in [1.54, 1.807) is 7.05 Å². The van der Waals surface area contributed by atoms with Crippen molar-refractivity contribution in [1.29, 1.82) is 0 Å². The fourth-order valence-electron chi connectivity index (χ4n) is 1.74. The van der Waals surface area contributed by atoms with Gasteiger partial charge in [0.1, 0.15) is 5.75 Å². The molecular formula is C11H15N3O. The Morgan fingerprint density at radius 1 is 1.53 bits per heavy atom. The van der Waals surface area contributed by atoms with Crippen LogP contribution in [0.25, 0.3) is 0 Å². The summed E-state index contributed by atoms with van der Waals surface area (Å²) in [4.78, 5) is 3.90. The fourth-order valence-corrected chi connectivity index (χ4v) is 1.74. The SMILES string of the molecule is CN=C(N)NC1CCOc2ccccc21. The van der Waals surface area contributed by atoms with E-state index >= 15 is 0 Å². The van der Waals surface area contributed by atoms with Crippen molar-refractivity contribution in [2.75, 3.05) is 13.7 Å². The van der Waals surface area contributed by atoms with Gasteiger partial charge in [0.05, 0.1) is 12.6 Å². The van der Waals surface area contributed by atoms with Crippen LogP contribution < -0.4 is 15.8 Å². The smallest absolute Gasteiger partial charge is 0.188 e. The molecule has 1 heterocycles. The number of hydrogen-bond donors (Lipinski definition) is 2. The second-order valence-corrected chi connectivity index (χ2v) is 3.48. The summed E-state index contributed by atoms with van der Waals surface area (Å²) >= 11 is 0. The van der Waals surface area contributed by atoms with E-state index in [1.807, 2.05) is 18.2 Å². The molecule has 1 unspecified atom stereocenters. The van der Waals surface area contributed by atoms with Gasteiger partial charge in [0.15, 0.2) is 5.96 Å². The van der Waals surface area contributed by atoms with Gasteiger partial charge in [-0.3, -0.25) is 4.99 Å². The molecule has 2 rings (SSSR count). The molecule has 0 saturated carbocycles. The molecule has 0 aromatic heterocycles. The predicted molar refractivity (Wildman–Crippen MR) is 60.0 cm³/mol. The minimum Gasteiger partial charge on any atom is -0.493 e. The highest BCUT2D eigenvalue weighted by molar-refractivity contribution is 5.78. The van der Waals surface area contributed by atoms with Crippen LogP contribution in [0.3, 0.4) is 0 Å². The summed E-state index contributed by atoms with van der Waals surface area (Å²) in [6.07, 6.45) is 0.910. The van der Waals surface area contributed by atoms with Crippen molar-refractivity contribution in [3.05, 3.63) is 29.8 Å². The van der Waals surface area contributed by atoms with Crippen LogP contribution in [-0.4, -0.2) is 19.6 Å². The van der Waals surface area contributed by atoms with E-state index in [4.69, 9.17) is 10.5 Å². The molecule has 1 aromatic carbocycles. The minimum atomic E-state index is 0.207. The molecule has 0 bridgehead atoms. The first-order valence-corrected chi connectivity index (χ1v) is 5.02. The molecule has 80 valence electrons. The molecule has 3 N–H and O–H groups in total. The van der Waals surface area contributed by atoms with Crippen molar-refractivity contribution in [2.24, 2.45) is 10.7 Å². The Morgan fingerprint density at radius 2 is 2.33 bits per heavy atom. The van der Waals surface area contributed by atoms with Crippen LogP contribution in [0.4, 0.5) is 0 Å². The molecular weight excluding hydrogens is 190 g/mol. The van der Waals surface area contributed by atoms with Crippen LogP contribution >= 0.6 is 0 Å². The Hall–Kier alpha value is -1.71. The van der Waals surface area contributed by atoms with E-state index in [-0.39, 0.29) is 6.04 Å². The number of para-hydroxylation sites is 1. The molecule has 1 aliphatic heterocycles. The zero-order chi connectivity index (χ0) is 10.7. The molecule has 1 aromatic rings. The van der Waals surface area contributed by atoms with Gasteiger partial charge in [-0.15, -0.1) is 0 Å². The van der Waals surface area contributed by atoms with Crippen molar-refractivity contribution in [3.8, 4) is 5.75 Å². The lowest BCUT2D eigenvalue weighted by molar-refractivity contribution is 0.262. The highest BCUT2D eigenvalue weighted by atomic mass is 16.5. The third-order valence-corrected chi connectivity index (χ3v) is 2.52. The molecule has 1 aliphatic rings. The highest BCUT2D eigenvalue weighted by Gasteiger charge is 2.20. The van der Waals surface area contributed by atoms with Gasteiger partial charge in [0.25, 0.3) is 0 Å². The number of aliphatic imine (C=N–C) groups is 1. The fraction of sp³-hybridized carbons (Fsp3) is 0.364. The van der Waals surface area contributed by atoms with Gasteiger partial charge in [0.2, 0.25) is 0 Å². The quantitative estimate of drug-likeness (QED) is 0.532. The Kier molecular flexibility index (Phi) is 2.76. The maximum absolute atomic E-state index is 5.66. The number of nitrogens with zero attached hydrogens (tertiary/aromatic N) is 1. The van der Waals surface area contributed by atoms with Crippen molar-refractivity contribution >= 4 is 5.96 Å². The first kappa shape index (κ1) is 9.83. The monoisotopic (exact) mass is 205 g/mol. The topological polar surface area (TPSA) is 59.6 Å². The molecule has 4 heteroatoms. The van der Waals surface area contributed by atoms with E-state index < -0.39 is 0 Å².